The van der Waals surface area contributed by atoms with Crippen LogP contribution in [0, 0.1) is 28.7 Å². The van der Waals surface area contributed by atoms with Crippen LogP contribution in [0.25, 0.3) is 23.8 Å². The summed E-state index contributed by atoms with van der Waals surface area (Å²) in [5.74, 6) is -6.97. The highest BCUT2D eigenvalue weighted by molar-refractivity contribution is 6.34. The van der Waals surface area contributed by atoms with Crippen molar-refractivity contribution in [2.45, 2.75) is 0 Å². The van der Waals surface area contributed by atoms with Crippen LogP contribution >= 0.6 is 0 Å². The van der Waals surface area contributed by atoms with E-state index in [1.807, 2.05) is 30.4 Å². The number of halogens is 4. The summed E-state index contributed by atoms with van der Waals surface area (Å²) < 4.78 is 56.5. The maximum atomic E-state index is 14.8. The Hall–Kier alpha value is -4.66. The number of aromatic nitrogens is 2. The van der Waals surface area contributed by atoms with E-state index in [1.165, 1.54) is 0 Å². The van der Waals surface area contributed by atoms with E-state index in [1.54, 1.807) is 30.4 Å². The lowest BCUT2D eigenvalue weighted by molar-refractivity contribution is 0.408. The molecule has 6 rings (SSSR count). The quantitative estimate of drug-likeness (QED) is 0.242. The number of hydrogen-bond donors (Lipinski definition) is 4. The lowest BCUT2D eigenvalue weighted by Crippen LogP contribution is -2.11. The van der Waals surface area contributed by atoms with Gasteiger partial charge >= 0.3 is 0 Å². The molecule has 172 valence electrons. The predicted molar refractivity (Wildman–Crippen MR) is 126 cm³/mol. The van der Waals surface area contributed by atoms with Crippen molar-refractivity contribution < 1.29 is 17.6 Å². The minimum atomic E-state index is -1.94. The third kappa shape index (κ3) is 3.57. The van der Waals surface area contributed by atoms with Gasteiger partial charge in [0.25, 0.3) is 0 Å². The Morgan fingerprint density at radius 2 is 1.49 bits per heavy atom. The van der Waals surface area contributed by atoms with E-state index in [0.29, 0.717) is 23.2 Å². The molecular weight excluding hydrogens is 458 g/mol. The van der Waals surface area contributed by atoms with Gasteiger partial charge in [-0.3, -0.25) is 5.41 Å². The third-order valence-electron chi connectivity index (χ3n) is 5.78. The van der Waals surface area contributed by atoms with E-state index in [0.717, 1.165) is 16.4 Å². The third-order valence-corrected chi connectivity index (χ3v) is 5.78. The average molecular weight is 473 g/mol. The highest BCUT2D eigenvalue weighted by Gasteiger charge is 2.30. The van der Waals surface area contributed by atoms with Crippen molar-refractivity contribution in [3.05, 3.63) is 117 Å². The molecular formula is C26H15F4N5. The lowest BCUT2D eigenvalue weighted by atomic mass is 9.98. The molecule has 3 aromatic rings. The number of aliphatic imine (C=N–C) groups is 1. The molecule has 0 atom stereocenters. The van der Waals surface area contributed by atoms with Crippen molar-refractivity contribution in [1.82, 2.24) is 15.3 Å². The molecule has 9 heteroatoms. The van der Waals surface area contributed by atoms with Gasteiger partial charge in [-0.1, -0.05) is 0 Å². The Balaban J connectivity index is 1.59. The van der Waals surface area contributed by atoms with Gasteiger partial charge in [0.15, 0.2) is 23.3 Å². The summed E-state index contributed by atoms with van der Waals surface area (Å²) in [5, 5.41) is 13.4. The first kappa shape index (κ1) is 20.9. The van der Waals surface area contributed by atoms with E-state index in [4.69, 9.17) is 5.41 Å². The zero-order valence-electron chi connectivity index (χ0n) is 17.8. The number of allylic oxidation sites excluding steroid dienone is 4. The smallest absolute Gasteiger partial charge is 0.198 e. The molecule has 3 aliphatic heterocycles. The molecule has 2 aromatic heterocycles. The SMILES string of the molecule is N=C1C2=Cc3ccc([nH]3)C=c3ccc([nH]3)=CC3=NC(=CC(=C1c1cc(F)c(F)c(F)c1F)N2)C=C3. The van der Waals surface area contributed by atoms with Crippen molar-refractivity contribution >= 4 is 35.2 Å². The fraction of sp³-hybridized carbons (Fsp3) is 0. The van der Waals surface area contributed by atoms with Crippen LogP contribution in [0.2, 0.25) is 0 Å². The summed E-state index contributed by atoms with van der Waals surface area (Å²) in [6, 6.07) is 8.06. The van der Waals surface area contributed by atoms with Crippen LogP contribution in [0.4, 0.5) is 17.6 Å². The first-order chi connectivity index (χ1) is 16.9. The maximum Gasteiger partial charge on any atom is 0.198 e. The van der Waals surface area contributed by atoms with Gasteiger partial charge < -0.3 is 15.3 Å². The number of hydrogen-bond acceptors (Lipinski definition) is 3. The first-order valence-corrected chi connectivity index (χ1v) is 10.6. The summed E-state index contributed by atoms with van der Waals surface area (Å²) in [6.07, 6.45) is 10.4. The van der Waals surface area contributed by atoms with E-state index in [2.05, 4.69) is 20.3 Å². The first-order valence-electron chi connectivity index (χ1n) is 10.6. The van der Waals surface area contributed by atoms with E-state index < -0.39 is 28.8 Å². The van der Waals surface area contributed by atoms with E-state index in [9.17, 15) is 17.6 Å². The average Bonchev–Trinajstić information content (AvgIpc) is 3.61. The zero-order chi connectivity index (χ0) is 24.3. The van der Waals surface area contributed by atoms with Gasteiger partial charge in [-0.2, -0.15) is 0 Å². The Morgan fingerprint density at radius 3 is 2.29 bits per heavy atom. The molecule has 0 spiro atoms. The molecule has 0 saturated carbocycles. The van der Waals surface area contributed by atoms with Crippen molar-refractivity contribution in [3.63, 3.8) is 0 Å². The highest BCUT2D eigenvalue weighted by Crippen LogP contribution is 2.34. The molecule has 35 heavy (non-hydrogen) atoms. The van der Waals surface area contributed by atoms with Gasteiger partial charge in [-0.15, -0.1) is 0 Å². The van der Waals surface area contributed by atoms with E-state index >= 15 is 0 Å². The summed E-state index contributed by atoms with van der Waals surface area (Å²) >= 11 is 0. The van der Waals surface area contributed by atoms with Crippen LogP contribution in [0.5, 0.6) is 0 Å². The summed E-state index contributed by atoms with van der Waals surface area (Å²) in [5.41, 5.74) is 2.12. The van der Waals surface area contributed by atoms with Crippen LogP contribution in [-0.4, -0.2) is 21.4 Å². The molecule has 3 aliphatic rings. The summed E-state index contributed by atoms with van der Waals surface area (Å²) in [4.78, 5) is 11.0. The second-order valence-corrected chi connectivity index (χ2v) is 8.16. The van der Waals surface area contributed by atoms with Gasteiger partial charge in [0.05, 0.1) is 28.5 Å². The minimum absolute atomic E-state index is 0.115. The molecule has 0 amide bonds. The topological polar surface area (TPSA) is 79.8 Å². The standard InChI is InChI=1S/C26H15F4N5/c27-19-11-18(23(28)25(30)24(19)29)22-20-9-16-5-3-14(33-16)7-12-1-2-13(32-12)8-15-4-6-17(34-15)10-21(35-20)26(22)31/h1-11,31-32,34-35H. The summed E-state index contributed by atoms with van der Waals surface area (Å²) in [6.45, 7) is 0. The van der Waals surface area contributed by atoms with Crippen LogP contribution < -0.4 is 16.0 Å². The molecule has 5 heterocycles. The Bertz CT molecular complexity index is 1730. The molecule has 8 bridgehead atoms. The highest BCUT2D eigenvalue weighted by atomic mass is 19.2. The second-order valence-electron chi connectivity index (χ2n) is 8.16. The fourth-order valence-electron chi connectivity index (χ4n) is 4.17. The summed E-state index contributed by atoms with van der Waals surface area (Å²) in [7, 11) is 0. The Kier molecular flexibility index (Phi) is 4.60. The molecule has 0 saturated heterocycles. The Morgan fingerprint density at radius 1 is 0.743 bits per heavy atom. The van der Waals surface area contributed by atoms with Crippen LogP contribution in [0.3, 0.4) is 0 Å². The molecule has 4 N–H and O–H groups in total. The van der Waals surface area contributed by atoms with Crippen molar-refractivity contribution in [2.24, 2.45) is 4.99 Å². The Labute approximate surface area is 195 Å². The van der Waals surface area contributed by atoms with Gasteiger partial charge in [0, 0.05) is 33.2 Å². The normalized spacial score (nSPS) is 16.5. The maximum absolute atomic E-state index is 14.8. The number of nitrogens with zero attached hydrogens (tertiary/aromatic N) is 1. The van der Waals surface area contributed by atoms with Crippen LogP contribution in [0.1, 0.15) is 17.0 Å². The minimum Gasteiger partial charge on any atom is -0.355 e. The number of fused-ring (bicyclic) bond motifs is 7. The zero-order valence-corrected chi connectivity index (χ0v) is 17.8. The monoisotopic (exact) mass is 473 g/mol. The molecule has 0 unspecified atom stereocenters. The molecule has 0 fully saturated rings. The number of rotatable bonds is 1. The van der Waals surface area contributed by atoms with Crippen LogP contribution in [0.15, 0.2) is 70.6 Å². The fourth-order valence-corrected chi connectivity index (χ4v) is 4.17. The van der Waals surface area contributed by atoms with E-state index in [-0.39, 0.29) is 22.7 Å². The van der Waals surface area contributed by atoms with Crippen molar-refractivity contribution in [2.75, 3.05) is 0 Å². The van der Waals surface area contributed by atoms with Crippen molar-refractivity contribution in [1.29, 1.82) is 5.41 Å². The van der Waals surface area contributed by atoms with Crippen LogP contribution in [-0.2, 0) is 0 Å². The molecule has 0 radical (unpaired) electrons. The predicted octanol–water partition coefficient (Wildman–Crippen LogP) is 3.79. The van der Waals surface area contributed by atoms with Gasteiger partial charge in [0.2, 0.25) is 0 Å². The molecule has 0 aliphatic carbocycles. The number of aromatic amines is 2. The number of H-pyrrole nitrogens is 2. The van der Waals surface area contributed by atoms with Gasteiger partial charge in [0.1, 0.15) is 0 Å². The number of benzene rings is 1. The molecule has 1 aromatic carbocycles. The van der Waals surface area contributed by atoms with Gasteiger partial charge in [-0.05, 0) is 66.8 Å². The number of nitrogens with one attached hydrogen (secondary N) is 4. The second kappa shape index (κ2) is 7.69. The lowest BCUT2D eigenvalue weighted by Gasteiger charge is -2.08. The van der Waals surface area contributed by atoms with Crippen molar-refractivity contribution in [3.8, 4) is 0 Å². The van der Waals surface area contributed by atoms with Gasteiger partial charge in [-0.25, -0.2) is 22.6 Å². The molecule has 5 nitrogen and oxygen atoms in total. The largest absolute Gasteiger partial charge is 0.355 e.